The Kier molecular flexibility index (Phi) is 3.05. The molecule has 0 fully saturated rings. The highest BCUT2D eigenvalue weighted by molar-refractivity contribution is 5.69. The zero-order valence-electron chi connectivity index (χ0n) is 14.5. The molecule has 2 aromatic rings. The summed E-state index contributed by atoms with van der Waals surface area (Å²) in [6.45, 7) is -0.962. The summed E-state index contributed by atoms with van der Waals surface area (Å²) in [4.78, 5) is 28.8. The van der Waals surface area contributed by atoms with E-state index in [-0.39, 0.29) is 17.7 Å². The van der Waals surface area contributed by atoms with Crippen molar-refractivity contribution in [3.8, 4) is 0 Å². The Balaban J connectivity index is 2.54. The largest absolute Gasteiger partial charge is 0.393 e. The zero-order chi connectivity index (χ0) is 17.4. The Bertz CT molecular complexity index is 817. The molecule has 1 atom stereocenters. The van der Waals surface area contributed by atoms with Gasteiger partial charge in [0.1, 0.15) is 0 Å². The van der Waals surface area contributed by atoms with Gasteiger partial charge in [-0.05, 0) is 26.2 Å². The lowest BCUT2D eigenvalue weighted by atomic mass is 10.2. The molecule has 0 bridgehead atoms. The molecule has 0 amide bonds. The third kappa shape index (κ3) is 2.53. The summed E-state index contributed by atoms with van der Waals surface area (Å²) >= 11 is 0. The van der Waals surface area contributed by atoms with Crippen molar-refractivity contribution in [3.05, 3.63) is 27.2 Å². The van der Waals surface area contributed by atoms with Crippen LogP contribution in [0.1, 0.15) is 30.3 Å². The number of aryl methyl sites for hydroxylation is 2. The molecular formula is C13H20N4O3. The van der Waals surface area contributed by atoms with Crippen LogP contribution in [0.4, 0.5) is 0 Å². The Labute approximate surface area is 120 Å². The van der Waals surface area contributed by atoms with Crippen LogP contribution in [0, 0.1) is 0 Å². The predicted octanol–water partition coefficient (Wildman–Crippen LogP) is -0.0152. The minimum Gasteiger partial charge on any atom is -0.393 e. The number of aliphatic hydroxyl groups is 1. The van der Waals surface area contributed by atoms with Gasteiger partial charge in [-0.1, -0.05) is 0 Å². The third-order valence-corrected chi connectivity index (χ3v) is 3.25. The van der Waals surface area contributed by atoms with E-state index in [1.54, 1.807) is 14.0 Å². The molecule has 7 heteroatoms. The summed E-state index contributed by atoms with van der Waals surface area (Å²) in [5.74, 6) is 0. The van der Waals surface area contributed by atoms with Crippen LogP contribution in [-0.4, -0.2) is 29.9 Å². The van der Waals surface area contributed by atoms with Crippen molar-refractivity contribution in [2.24, 2.45) is 14.0 Å². The second-order valence-electron chi connectivity index (χ2n) is 4.95. The molecule has 0 unspecified atom stereocenters. The van der Waals surface area contributed by atoms with Gasteiger partial charge in [-0.15, -0.1) is 0 Å². The number of imidazole rings is 1. The molecule has 7 nitrogen and oxygen atoms in total. The van der Waals surface area contributed by atoms with Crippen molar-refractivity contribution in [2.45, 2.75) is 38.8 Å². The standard InChI is InChI=1S/C13H20N4O3/c1-9(18)6-4-5-7-17-12(19)10-11(14-8-15(10)2)16(3)13(17)20/h8-9,18H,4-7H2,1-3H3/t9-/m0/s1/i3D3. The fraction of sp³-hybridized carbons (Fsp3) is 0.615. The van der Waals surface area contributed by atoms with E-state index >= 15 is 0 Å². The monoisotopic (exact) mass is 283 g/mol. The van der Waals surface area contributed by atoms with Crippen LogP contribution in [0.3, 0.4) is 0 Å². The van der Waals surface area contributed by atoms with Gasteiger partial charge in [0, 0.05) is 24.7 Å². The van der Waals surface area contributed by atoms with E-state index in [9.17, 15) is 14.7 Å². The van der Waals surface area contributed by atoms with E-state index in [4.69, 9.17) is 4.11 Å². The Morgan fingerprint density at radius 3 is 2.85 bits per heavy atom. The lowest BCUT2D eigenvalue weighted by molar-refractivity contribution is 0.180. The average molecular weight is 283 g/mol. The van der Waals surface area contributed by atoms with Gasteiger partial charge in [-0.3, -0.25) is 13.9 Å². The zero-order valence-corrected chi connectivity index (χ0v) is 11.5. The first-order valence-corrected chi connectivity index (χ1v) is 6.50. The van der Waals surface area contributed by atoms with Crippen LogP contribution < -0.4 is 11.2 Å². The van der Waals surface area contributed by atoms with Crippen LogP contribution in [0.25, 0.3) is 11.2 Å². The van der Waals surface area contributed by atoms with Gasteiger partial charge < -0.3 is 9.67 Å². The molecule has 0 saturated carbocycles. The van der Waals surface area contributed by atoms with Crippen LogP contribution in [-0.2, 0) is 20.6 Å². The summed E-state index contributed by atoms with van der Waals surface area (Å²) in [6, 6.07) is 0. The molecule has 2 heterocycles. The quantitative estimate of drug-likeness (QED) is 0.782. The number of nitrogens with zero attached hydrogens (tertiary/aromatic N) is 4. The molecule has 0 aliphatic heterocycles. The van der Waals surface area contributed by atoms with Crippen molar-refractivity contribution in [3.63, 3.8) is 0 Å². The number of hydrogen-bond donors (Lipinski definition) is 1. The highest BCUT2D eigenvalue weighted by Gasteiger charge is 2.14. The minimum absolute atomic E-state index is 0.0799. The van der Waals surface area contributed by atoms with Crippen LogP contribution >= 0.6 is 0 Å². The first-order valence-electron chi connectivity index (χ1n) is 8.00. The van der Waals surface area contributed by atoms with Crippen molar-refractivity contribution in [1.29, 1.82) is 0 Å². The van der Waals surface area contributed by atoms with Crippen molar-refractivity contribution < 1.29 is 9.22 Å². The summed E-state index contributed by atoms with van der Waals surface area (Å²) in [6.07, 6.45) is 2.53. The summed E-state index contributed by atoms with van der Waals surface area (Å²) in [5, 5.41) is 9.24. The molecule has 0 saturated heterocycles. The molecule has 20 heavy (non-hydrogen) atoms. The number of aliphatic hydroxyl groups excluding tert-OH is 1. The fourth-order valence-corrected chi connectivity index (χ4v) is 2.16. The summed E-state index contributed by atoms with van der Waals surface area (Å²) < 4.78 is 25.5. The van der Waals surface area contributed by atoms with E-state index in [2.05, 4.69) is 4.98 Å². The third-order valence-electron chi connectivity index (χ3n) is 3.25. The molecule has 0 aromatic carbocycles. The first kappa shape index (κ1) is 10.8. The molecule has 2 rings (SSSR count). The van der Waals surface area contributed by atoms with Crippen LogP contribution in [0.5, 0.6) is 0 Å². The smallest absolute Gasteiger partial charge is 0.332 e. The molecule has 0 aliphatic carbocycles. The normalized spacial score (nSPS) is 15.8. The molecule has 110 valence electrons. The van der Waals surface area contributed by atoms with Gasteiger partial charge >= 0.3 is 5.69 Å². The van der Waals surface area contributed by atoms with Crippen molar-refractivity contribution in [2.75, 3.05) is 0 Å². The highest BCUT2D eigenvalue weighted by atomic mass is 16.3. The van der Waals surface area contributed by atoms with Crippen LogP contribution in [0.15, 0.2) is 15.9 Å². The summed E-state index contributed by atoms with van der Waals surface area (Å²) in [5.41, 5.74) is -1.50. The SMILES string of the molecule is [2H]C([2H])([2H])n1c(=O)n(CCCC[C@H](C)O)c(=O)c2c1ncn2C. The maximum absolute atomic E-state index is 12.5. The van der Waals surface area contributed by atoms with Gasteiger partial charge in [0.05, 0.1) is 12.4 Å². The summed E-state index contributed by atoms with van der Waals surface area (Å²) in [7, 11) is 1.57. The maximum atomic E-state index is 12.5. The lowest BCUT2D eigenvalue weighted by Crippen LogP contribution is -2.39. The second-order valence-corrected chi connectivity index (χ2v) is 4.95. The average Bonchev–Trinajstić information content (AvgIpc) is 2.77. The Morgan fingerprint density at radius 2 is 2.20 bits per heavy atom. The van der Waals surface area contributed by atoms with E-state index in [1.165, 1.54) is 10.9 Å². The molecular weight excluding hydrogens is 260 g/mol. The van der Waals surface area contributed by atoms with Gasteiger partial charge in [0.15, 0.2) is 11.2 Å². The number of unbranched alkanes of at least 4 members (excludes halogenated alkanes) is 1. The topological polar surface area (TPSA) is 82.0 Å². The molecule has 1 N–H and O–H groups in total. The first-order chi connectivity index (χ1) is 10.6. The van der Waals surface area contributed by atoms with E-state index in [0.29, 0.717) is 23.8 Å². The van der Waals surface area contributed by atoms with Crippen molar-refractivity contribution in [1.82, 2.24) is 18.7 Å². The van der Waals surface area contributed by atoms with Gasteiger partial charge in [-0.2, -0.15) is 0 Å². The van der Waals surface area contributed by atoms with E-state index < -0.39 is 24.3 Å². The number of aromatic nitrogens is 4. The maximum Gasteiger partial charge on any atom is 0.332 e. The molecule has 2 aromatic heterocycles. The molecule has 0 radical (unpaired) electrons. The fourth-order valence-electron chi connectivity index (χ4n) is 2.16. The second kappa shape index (κ2) is 5.62. The molecule has 0 spiro atoms. The number of hydrogen-bond acceptors (Lipinski definition) is 4. The van der Waals surface area contributed by atoms with Crippen molar-refractivity contribution >= 4 is 11.2 Å². The predicted molar refractivity (Wildman–Crippen MR) is 75.7 cm³/mol. The number of fused-ring (bicyclic) bond motifs is 1. The van der Waals surface area contributed by atoms with E-state index in [0.717, 1.165) is 4.57 Å². The Hall–Kier alpha value is -1.89. The van der Waals surface area contributed by atoms with Gasteiger partial charge in [0.2, 0.25) is 0 Å². The molecule has 0 aliphatic rings. The minimum atomic E-state index is -2.72. The van der Waals surface area contributed by atoms with E-state index in [1.807, 2.05) is 0 Å². The Morgan fingerprint density at radius 1 is 1.45 bits per heavy atom. The van der Waals surface area contributed by atoms with Gasteiger partial charge in [0.25, 0.3) is 5.56 Å². The van der Waals surface area contributed by atoms with Gasteiger partial charge in [-0.25, -0.2) is 9.78 Å². The van der Waals surface area contributed by atoms with Crippen LogP contribution in [0.2, 0.25) is 0 Å². The lowest BCUT2D eigenvalue weighted by Gasteiger charge is -2.09. The highest BCUT2D eigenvalue weighted by Crippen LogP contribution is 2.04. The number of rotatable bonds is 5.